The summed E-state index contributed by atoms with van der Waals surface area (Å²) >= 11 is 9.28. The Kier molecular flexibility index (Phi) is 22.2. The summed E-state index contributed by atoms with van der Waals surface area (Å²) in [5.74, 6) is 1.17. The van der Waals surface area contributed by atoms with Crippen molar-refractivity contribution in [1.82, 2.24) is 35.6 Å². The van der Waals surface area contributed by atoms with Crippen LogP contribution in [0.25, 0.3) is 0 Å². The number of nitriles is 5. The molecule has 4 aromatic heterocycles. The molecule has 1 aliphatic rings. The fraction of sp³-hybridized carbons (Fsp3) is 0.344. The molecule has 0 amide bonds. The lowest BCUT2D eigenvalue weighted by Crippen LogP contribution is -2.08. The van der Waals surface area contributed by atoms with Gasteiger partial charge in [-0.3, -0.25) is 14.4 Å². The summed E-state index contributed by atoms with van der Waals surface area (Å²) in [4.78, 5) is 40.7. The van der Waals surface area contributed by atoms with Crippen LogP contribution in [-0.4, -0.2) is 59.9 Å². The van der Waals surface area contributed by atoms with E-state index in [2.05, 4.69) is 70.2 Å². The van der Waals surface area contributed by atoms with E-state index in [0.717, 1.165) is 25.0 Å². The van der Waals surface area contributed by atoms with Gasteiger partial charge in [0.25, 0.3) is 0 Å². The molecule has 0 bridgehead atoms. The summed E-state index contributed by atoms with van der Waals surface area (Å²) in [5, 5.41) is 57.5. The monoisotopic (exact) mass is 824 g/mol. The molecule has 5 rings (SSSR count). The molecule has 20 heteroatoms. The second-order valence-corrected chi connectivity index (χ2v) is 12.9. The second kappa shape index (κ2) is 25.8. The zero-order valence-electron chi connectivity index (χ0n) is 28.2. The number of pyridine rings is 3. The van der Waals surface area contributed by atoms with Crippen molar-refractivity contribution >= 4 is 52.1 Å². The highest BCUT2D eigenvalue weighted by Gasteiger charge is 2.10. The number of aromatic nitrogens is 7. The van der Waals surface area contributed by atoms with Gasteiger partial charge in [0, 0.05) is 31.4 Å². The predicted molar refractivity (Wildman–Crippen MR) is 201 cm³/mol. The SMILES string of the molecule is C1CCOCC1.Cc1cc(=O)[nH]c(S)c1C#N.Cc1cc(=O)[nH]c(SCC#N)c1C#N.Cc1cc(=O)[nH]c(SCc2nn[nH]n2)c1C#N.N#CCBr. The van der Waals surface area contributed by atoms with Gasteiger partial charge in [-0.2, -0.15) is 31.5 Å². The highest BCUT2D eigenvalue weighted by Crippen LogP contribution is 2.23. The molecule has 0 radical (unpaired) electrons. The number of H-pyrrole nitrogens is 4. The van der Waals surface area contributed by atoms with Gasteiger partial charge in [-0.1, -0.05) is 44.7 Å². The minimum Gasteiger partial charge on any atom is -0.381 e. The van der Waals surface area contributed by atoms with Gasteiger partial charge in [0.15, 0.2) is 5.82 Å². The van der Waals surface area contributed by atoms with Crippen LogP contribution >= 0.6 is 52.1 Å². The van der Waals surface area contributed by atoms with Crippen molar-refractivity contribution in [2.45, 2.75) is 60.9 Å². The number of alkyl halides is 1. The van der Waals surface area contributed by atoms with Crippen molar-refractivity contribution in [3.63, 3.8) is 0 Å². The summed E-state index contributed by atoms with van der Waals surface area (Å²) in [6.45, 7) is 7.13. The zero-order chi connectivity index (χ0) is 38.9. The maximum atomic E-state index is 11.3. The van der Waals surface area contributed by atoms with Crippen LogP contribution in [0.15, 0.2) is 47.7 Å². The largest absolute Gasteiger partial charge is 0.381 e. The molecule has 0 atom stereocenters. The molecule has 1 aliphatic heterocycles. The van der Waals surface area contributed by atoms with Crippen LogP contribution in [-0.2, 0) is 10.5 Å². The average molecular weight is 826 g/mol. The number of aromatic amines is 4. The number of tetrazole rings is 1. The third-order valence-electron chi connectivity index (χ3n) is 6.12. The normalized spacial score (nSPS) is 10.8. The Hall–Kier alpha value is -5.14. The molecule has 0 aliphatic carbocycles. The Bertz CT molecular complexity index is 2090. The molecule has 0 spiro atoms. The number of thioether (sulfide) groups is 2. The van der Waals surface area contributed by atoms with Gasteiger partial charge in [-0.25, -0.2) is 0 Å². The van der Waals surface area contributed by atoms with Gasteiger partial charge in [0.1, 0.15) is 18.2 Å². The van der Waals surface area contributed by atoms with E-state index in [-0.39, 0.29) is 22.4 Å². The van der Waals surface area contributed by atoms with Crippen molar-refractivity contribution < 1.29 is 4.74 Å². The first-order valence-electron chi connectivity index (χ1n) is 14.9. The smallest absolute Gasteiger partial charge is 0.249 e. The number of hydrogen-bond acceptors (Lipinski definition) is 15. The van der Waals surface area contributed by atoms with Crippen LogP contribution < -0.4 is 16.7 Å². The molecule has 1 fully saturated rings. The third kappa shape index (κ3) is 16.7. The number of nitrogens with one attached hydrogen (secondary N) is 4. The summed E-state index contributed by atoms with van der Waals surface area (Å²) in [6, 6.07) is 13.9. The lowest BCUT2D eigenvalue weighted by Gasteiger charge is -2.08. The first-order chi connectivity index (χ1) is 24.9. The van der Waals surface area contributed by atoms with E-state index in [1.165, 1.54) is 49.2 Å². The molecule has 0 aromatic carbocycles. The lowest BCUT2D eigenvalue weighted by molar-refractivity contribution is 0.0968. The molecular weight excluding hydrogens is 793 g/mol. The first-order valence-corrected chi connectivity index (χ1v) is 18.5. The van der Waals surface area contributed by atoms with E-state index in [0.29, 0.717) is 65.4 Å². The molecule has 4 aromatic rings. The highest BCUT2D eigenvalue weighted by molar-refractivity contribution is 9.09. The maximum absolute atomic E-state index is 11.3. The molecule has 52 heavy (non-hydrogen) atoms. The maximum Gasteiger partial charge on any atom is 0.249 e. The minimum atomic E-state index is -0.248. The van der Waals surface area contributed by atoms with Crippen LogP contribution in [0.1, 0.15) is 58.5 Å². The molecule has 270 valence electrons. The Labute approximate surface area is 321 Å². The van der Waals surface area contributed by atoms with Crippen LogP contribution in [0.4, 0.5) is 0 Å². The molecular formula is C32H33BrN12O4S3. The molecule has 5 heterocycles. The lowest BCUT2D eigenvalue weighted by atomic mass is 10.2. The zero-order valence-corrected chi connectivity index (χ0v) is 32.4. The van der Waals surface area contributed by atoms with Crippen molar-refractivity contribution in [3.8, 4) is 30.3 Å². The van der Waals surface area contributed by atoms with E-state index < -0.39 is 0 Å². The quantitative estimate of drug-likeness (QED) is 0.106. The number of thiol groups is 1. The van der Waals surface area contributed by atoms with Gasteiger partial charge in [0.05, 0.1) is 60.7 Å². The van der Waals surface area contributed by atoms with Gasteiger partial charge < -0.3 is 19.7 Å². The van der Waals surface area contributed by atoms with Crippen LogP contribution in [0.5, 0.6) is 0 Å². The molecule has 4 N–H and O–H groups in total. The number of rotatable bonds is 5. The highest BCUT2D eigenvalue weighted by atomic mass is 79.9. The Morgan fingerprint density at radius 2 is 1.25 bits per heavy atom. The van der Waals surface area contributed by atoms with Crippen molar-refractivity contribution in [3.05, 3.63) is 88.5 Å². The Morgan fingerprint density at radius 3 is 1.62 bits per heavy atom. The molecule has 16 nitrogen and oxygen atoms in total. The summed E-state index contributed by atoms with van der Waals surface area (Å²) in [5.41, 5.74) is 2.58. The summed E-state index contributed by atoms with van der Waals surface area (Å²) < 4.78 is 5.07. The molecule has 1 saturated heterocycles. The number of nitrogens with zero attached hydrogens (tertiary/aromatic N) is 8. The fourth-order valence-corrected chi connectivity index (χ4v) is 5.78. The average Bonchev–Trinajstić information content (AvgIpc) is 3.65. The van der Waals surface area contributed by atoms with Crippen molar-refractivity contribution in [1.29, 1.82) is 26.3 Å². The molecule has 0 unspecified atom stereocenters. The van der Waals surface area contributed by atoms with Crippen LogP contribution in [0.2, 0.25) is 0 Å². The van der Waals surface area contributed by atoms with Crippen molar-refractivity contribution in [2.24, 2.45) is 0 Å². The number of halogens is 1. The number of ether oxygens (including phenoxy) is 1. The third-order valence-corrected chi connectivity index (χ3v) is 8.57. The topological polar surface area (TPSA) is 281 Å². The van der Waals surface area contributed by atoms with Crippen molar-refractivity contribution in [2.75, 3.05) is 24.3 Å². The van der Waals surface area contributed by atoms with Crippen LogP contribution in [0.3, 0.4) is 0 Å². The van der Waals surface area contributed by atoms with E-state index in [4.69, 9.17) is 31.0 Å². The van der Waals surface area contributed by atoms with E-state index in [1.807, 2.05) is 24.3 Å². The van der Waals surface area contributed by atoms with Gasteiger partial charge in [-0.15, -0.1) is 22.8 Å². The Morgan fingerprint density at radius 1 is 0.769 bits per heavy atom. The van der Waals surface area contributed by atoms with E-state index in [9.17, 15) is 14.4 Å². The standard InChI is InChI=1S/C9H8N6OS.C9H7N3OS.C7H6N2OS.C5H10O.C2H2BrN/c1-5-2-8(16)11-9(6(5)3-10)17-4-7-12-14-15-13-7;1-6-4-8(13)12-9(7(6)5-11)14-3-2-10;1-4-2-6(10)9-7(11)5(4)3-8;1-2-4-6-5-3-1;3-1-2-4/h2H,4H2,1H3,(H,11,16)(H,12,13,14,15);4H,3H2,1H3,(H,12,13);2H,1H3,(H2,9,10,11);1-5H2;1H2. The summed E-state index contributed by atoms with van der Waals surface area (Å²) in [6.07, 6.45) is 3.93. The second-order valence-electron chi connectivity index (χ2n) is 9.95. The van der Waals surface area contributed by atoms with Gasteiger partial charge >= 0.3 is 0 Å². The van der Waals surface area contributed by atoms with Gasteiger partial charge in [0.2, 0.25) is 16.7 Å². The first kappa shape index (κ1) is 44.9. The molecule has 0 saturated carbocycles. The Balaban J connectivity index is 0.000000349. The number of hydrogen-bond donors (Lipinski definition) is 5. The fourth-order valence-electron chi connectivity index (χ4n) is 3.80. The predicted octanol–water partition coefficient (Wildman–Crippen LogP) is 4.47. The minimum absolute atomic E-state index is 0.216. The summed E-state index contributed by atoms with van der Waals surface area (Å²) in [7, 11) is 0. The number of aryl methyl sites for hydroxylation is 3. The van der Waals surface area contributed by atoms with Crippen LogP contribution in [0, 0.1) is 77.4 Å². The van der Waals surface area contributed by atoms with Gasteiger partial charge in [-0.05, 0) is 56.7 Å². The van der Waals surface area contributed by atoms with E-state index >= 15 is 0 Å². The van der Waals surface area contributed by atoms with E-state index in [1.54, 1.807) is 20.8 Å².